The molecule has 164 valence electrons. The van der Waals surface area contributed by atoms with Gasteiger partial charge < -0.3 is 5.21 Å². The van der Waals surface area contributed by atoms with Crippen LogP contribution >= 0.6 is 11.6 Å². The van der Waals surface area contributed by atoms with E-state index >= 15 is 0 Å². The molecule has 1 heterocycles. The fourth-order valence-corrected chi connectivity index (χ4v) is 5.17. The number of anilines is 1. The van der Waals surface area contributed by atoms with Crippen molar-refractivity contribution < 1.29 is 17.9 Å². The predicted molar refractivity (Wildman–Crippen MR) is 122 cm³/mol. The molecule has 2 atom stereocenters. The number of allylic oxidation sites excluding steroid dienone is 3. The lowest BCUT2D eigenvalue weighted by Crippen LogP contribution is -2.33. The Kier molecular flexibility index (Phi) is 6.30. The van der Waals surface area contributed by atoms with E-state index in [-0.39, 0.29) is 33.2 Å². The Labute approximate surface area is 187 Å². The number of rotatable bonds is 5. The summed E-state index contributed by atoms with van der Waals surface area (Å²) in [4.78, 5) is 13.0. The van der Waals surface area contributed by atoms with E-state index in [0.717, 1.165) is 11.8 Å². The van der Waals surface area contributed by atoms with Crippen LogP contribution in [0.5, 0.6) is 0 Å². The Hall–Kier alpha value is -2.64. The quantitative estimate of drug-likeness (QED) is 0.404. The maximum absolute atomic E-state index is 13.2. The van der Waals surface area contributed by atoms with Crippen LogP contribution < -0.4 is 9.45 Å². The molecule has 0 fully saturated rings. The molecule has 6 nitrogen and oxygen atoms in total. The van der Waals surface area contributed by atoms with Crippen LogP contribution in [-0.2, 0) is 10.0 Å². The standard InChI is InChI=1S/C23H25ClN2O4S/c1-15-12-17(23(2,3)4)7-10-21(15)31(29,30)25-20-9-8-18(24)13-19(20)22(27)16-6-5-11-26(28)14-16/h5-15,21,25H,1-4H3. The number of nitrogens with one attached hydrogen (secondary N) is 1. The van der Waals surface area contributed by atoms with Gasteiger partial charge in [-0.2, -0.15) is 4.73 Å². The average Bonchev–Trinajstić information content (AvgIpc) is 2.67. The third kappa shape index (κ3) is 5.17. The van der Waals surface area contributed by atoms with Crippen molar-refractivity contribution in [2.45, 2.75) is 32.9 Å². The van der Waals surface area contributed by atoms with E-state index < -0.39 is 21.1 Å². The Morgan fingerprint density at radius 1 is 1.23 bits per heavy atom. The molecule has 0 saturated carbocycles. The van der Waals surface area contributed by atoms with Crippen LogP contribution in [0.15, 0.2) is 66.5 Å². The molecular formula is C23H25ClN2O4S. The van der Waals surface area contributed by atoms with Crippen LogP contribution in [0.3, 0.4) is 0 Å². The highest BCUT2D eigenvalue weighted by Gasteiger charge is 2.32. The van der Waals surface area contributed by atoms with Crippen molar-refractivity contribution in [1.82, 2.24) is 0 Å². The van der Waals surface area contributed by atoms with Crippen LogP contribution in [0, 0.1) is 16.5 Å². The van der Waals surface area contributed by atoms with E-state index in [4.69, 9.17) is 11.6 Å². The number of ketones is 1. The van der Waals surface area contributed by atoms with Gasteiger partial charge >= 0.3 is 0 Å². The molecule has 1 N–H and O–H groups in total. The molecule has 3 rings (SSSR count). The lowest BCUT2D eigenvalue weighted by Gasteiger charge is -2.29. The highest BCUT2D eigenvalue weighted by molar-refractivity contribution is 7.93. The summed E-state index contributed by atoms with van der Waals surface area (Å²) in [5.74, 6) is -0.760. The highest BCUT2D eigenvalue weighted by Crippen LogP contribution is 2.34. The minimum Gasteiger partial charge on any atom is -0.619 e. The van der Waals surface area contributed by atoms with Crippen molar-refractivity contribution in [2.24, 2.45) is 11.3 Å². The van der Waals surface area contributed by atoms with Gasteiger partial charge in [-0.05, 0) is 41.2 Å². The van der Waals surface area contributed by atoms with Crippen molar-refractivity contribution in [3.63, 3.8) is 0 Å². The van der Waals surface area contributed by atoms with Crippen molar-refractivity contribution in [1.29, 1.82) is 0 Å². The molecule has 0 amide bonds. The zero-order chi connectivity index (χ0) is 23.0. The molecule has 0 saturated heterocycles. The summed E-state index contributed by atoms with van der Waals surface area (Å²) in [6.07, 6.45) is 7.88. The Balaban J connectivity index is 1.94. The summed E-state index contributed by atoms with van der Waals surface area (Å²) in [7, 11) is -3.86. The zero-order valence-electron chi connectivity index (χ0n) is 17.8. The van der Waals surface area contributed by atoms with Crippen molar-refractivity contribution in [2.75, 3.05) is 4.72 Å². The number of hydrogen-bond acceptors (Lipinski definition) is 4. The van der Waals surface area contributed by atoms with Crippen LogP contribution in [-0.4, -0.2) is 19.5 Å². The topological polar surface area (TPSA) is 90.2 Å². The number of hydrogen-bond donors (Lipinski definition) is 1. The van der Waals surface area contributed by atoms with E-state index in [9.17, 15) is 18.4 Å². The van der Waals surface area contributed by atoms with Crippen LogP contribution in [0.1, 0.15) is 43.6 Å². The lowest BCUT2D eigenvalue weighted by atomic mass is 9.81. The number of carbonyl (C=O) groups is 1. The van der Waals surface area contributed by atoms with E-state index in [2.05, 4.69) is 25.5 Å². The number of aromatic nitrogens is 1. The molecule has 1 aliphatic rings. The summed E-state index contributed by atoms with van der Waals surface area (Å²) in [5.41, 5.74) is 1.30. The predicted octanol–water partition coefficient (Wildman–Crippen LogP) is 4.49. The third-order valence-corrected chi connectivity index (χ3v) is 7.21. The van der Waals surface area contributed by atoms with Gasteiger partial charge in [0.05, 0.1) is 11.3 Å². The minimum atomic E-state index is -3.86. The van der Waals surface area contributed by atoms with E-state index in [1.54, 1.807) is 6.08 Å². The van der Waals surface area contributed by atoms with E-state index in [0.29, 0.717) is 4.73 Å². The molecule has 31 heavy (non-hydrogen) atoms. The highest BCUT2D eigenvalue weighted by atomic mass is 35.5. The van der Waals surface area contributed by atoms with Gasteiger partial charge in [0.25, 0.3) is 0 Å². The zero-order valence-corrected chi connectivity index (χ0v) is 19.4. The Morgan fingerprint density at radius 2 is 1.94 bits per heavy atom. The van der Waals surface area contributed by atoms with Crippen molar-refractivity contribution >= 4 is 33.1 Å². The van der Waals surface area contributed by atoms with Crippen molar-refractivity contribution in [3.8, 4) is 0 Å². The first-order valence-electron chi connectivity index (χ1n) is 9.84. The molecule has 1 aromatic carbocycles. The Morgan fingerprint density at radius 3 is 2.55 bits per heavy atom. The van der Waals surface area contributed by atoms with Gasteiger partial charge in [-0.3, -0.25) is 9.52 Å². The molecule has 0 spiro atoms. The maximum atomic E-state index is 13.2. The molecule has 8 heteroatoms. The van der Waals surface area contributed by atoms with Crippen LogP contribution in [0.4, 0.5) is 5.69 Å². The number of benzene rings is 1. The number of sulfonamides is 1. The van der Waals surface area contributed by atoms with E-state index in [1.165, 1.54) is 36.5 Å². The molecule has 0 aliphatic heterocycles. The second-order valence-electron chi connectivity index (χ2n) is 8.67. The second kappa shape index (κ2) is 8.48. The van der Waals surface area contributed by atoms with E-state index in [1.807, 2.05) is 19.1 Å². The first-order valence-corrected chi connectivity index (χ1v) is 11.8. The van der Waals surface area contributed by atoms with Gasteiger partial charge in [0, 0.05) is 16.7 Å². The summed E-state index contributed by atoms with van der Waals surface area (Å²) in [5, 5.41) is 11.0. The average molecular weight is 461 g/mol. The molecule has 1 aliphatic carbocycles. The Bertz CT molecular complexity index is 1180. The molecule has 0 radical (unpaired) electrons. The molecule has 1 aromatic heterocycles. The molecule has 2 aromatic rings. The van der Waals surface area contributed by atoms with Crippen LogP contribution in [0.25, 0.3) is 0 Å². The van der Waals surface area contributed by atoms with Gasteiger partial charge in [-0.1, -0.05) is 57.5 Å². The fourth-order valence-electron chi connectivity index (χ4n) is 3.45. The maximum Gasteiger partial charge on any atom is 0.239 e. The van der Waals surface area contributed by atoms with Gasteiger partial charge in [0.2, 0.25) is 15.8 Å². The first-order chi connectivity index (χ1) is 14.4. The molecule has 2 unspecified atom stereocenters. The SMILES string of the molecule is CC1C=C(C(C)(C)C)C=CC1S(=O)(=O)Nc1ccc(Cl)cc1C(=O)c1ccc[n+]([O-])c1. The third-order valence-electron chi connectivity index (χ3n) is 5.17. The summed E-state index contributed by atoms with van der Waals surface area (Å²) < 4.78 is 29.4. The number of nitrogens with zero attached hydrogens (tertiary/aromatic N) is 1. The first kappa shape index (κ1) is 23.0. The second-order valence-corrected chi connectivity index (χ2v) is 10.9. The smallest absolute Gasteiger partial charge is 0.239 e. The van der Waals surface area contributed by atoms with Gasteiger partial charge in [-0.25, -0.2) is 8.42 Å². The normalized spacial score (nSPS) is 19.1. The van der Waals surface area contributed by atoms with Crippen molar-refractivity contribution in [3.05, 3.63) is 87.9 Å². The number of halogens is 1. The lowest BCUT2D eigenvalue weighted by molar-refractivity contribution is -0.605. The summed E-state index contributed by atoms with van der Waals surface area (Å²) in [6.45, 7) is 8.07. The molecular weight excluding hydrogens is 436 g/mol. The summed E-state index contributed by atoms with van der Waals surface area (Å²) >= 11 is 6.07. The number of pyridine rings is 1. The monoisotopic (exact) mass is 460 g/mol. The largest absolute Gasteiger partial charge is 0.619 e. The van der Waals surface area contributed by atoms with Crippen LogP contribution in [0.2, 0.25) is 5.02 Å². The van der Waals surface area contributed by atoms with Gasteiger partial charge in [-0.15, -0.1) is 0 Å². The fraction of sp³-hybridized carbons (Fsp3) is 0.304. The van der Waals surface area contributed by atoms with Gasteiger partial charge in [0.1, 0.15) is 5.25 Å². The summed E-state index contributed by atoms with van der Waals surface area (Å²) in [6, 6.07) is 7.28. The van der Waals surface area contributed by atoms with Gasteiger partial charge in [0.15, 0.2) is 12.4 Å². The number of carbonyl (C=O) groups excluding carboxylic acids is 1. The molecule has 0 bridgehead atoms. The minimum absolute atomic E-state index is 0.0700.